The number of methoxy groups -OCH3 is 1. The zero-order valence-corrected chi connectivity index (χ0v) is 17.9. The molecule has 0 radical (unpaired) electrons. The van der Waals surface area contributed by atoms with Crippen LogP contribution in [0, 0.1) is 6.92 Å². The number of hydrogen-bond donors (Lipinski definition) is 1. The molecule has 0 unspecified atom stereocenters. The zero-order chi connectivity index (χ0) is 22.8. The molecule has 8 heteroatoms. The van der Waals surface area contributed by atoms with Gasteiger partial charge in [0.2, 0.25) is 0 Å². The lowest BCUT2D eigenvalue weighted by molar-refractivity contribution is -0.132. The third-order valence-electron chi connectivity index (χ3n) is 5.18. The van der Waals surface area contributed by atoms with Crippen LogP contribution in [0.15, 0.2) is 64.7 Å². The molecule has 0 aliphatic carbocycles. The van der Waals surface area contributed by atoms with Crippen LogP contribution in [0.25, 0.3) is 5.76 Å². The van der Waals surface area contributed by atoms with E-state index in [1.54, 1.807) is 68.6 Å². The van der Waals surface area contributed by atoms with E-state index in [0.717, 1.165) is 0 Å². The Morgan fingerprint density at radius 2 is 1.75 bits per heavy atom. The number of anilines is 1. The maximum atomic E-state index is 13.1. The van der Waals surface area contributed by atoms with Crippen LogP contribution in [0.5, 0.6) is 11.5 Å². The van der Waals surface area contributed by atoms with Crippen LogP contribution in [-0.2, 0) is 9.59 Å². The van der Waals surface area contributed by atoms with Gasteiger partial charge in [0, 0.05) is 11.6 Å². The number of amides is 1. The van der Waals surface area contributed by atoms with Crippen molar-refractivity contribution in [3.05, 3.63) is 77.1 Å². The lowest BCUT2D eigenvalue weighted by atomic mass is 9.95. The number of aliphatic hydroxyl groups excluding tert-OH is 1. The lowest BCUT2D eigenvalue weighted by Crippen LogP contribution is -2.29. The number of aryl methyl sites for hydroxylation is 1. The molecule has 164 valence electrons. The normalized spacial score (nSPS) is 17.6. The summed E-state index contributed by atoms with van der Waals surface area (Å²) < 4.78 is 15.8. The minimum absolute atomic E-state index is 0.0371. The number of carbonyl (C=O) groups is 2. The molecular weight excluding hydrogens is 412 g/mol. The maximum Gasteiger partial charge on any atom is 0.301 e. The van der Waals surface area contributed by atoms with Crippen LogP contribution in [-0.4, -0.2) is 35.7 Å². The van der Waals surface area contributed by atoms with Crippen LogP contribution in [0.1, 0.15) is 29.9 Å². The number of aliphatic hydroxyl groups is 1. The molecule has 1 aromatic heterocycles. The monoisotopic (exact) mass is 434 g/mol. The highest BCUT2D eigenvalue weighted by Crippen LogP contribution is 2.42. The highest BCUT2D eigenvalue weighted by molar-refractivity contribution is 6.51. The third kappa shape index (κ3) is 3.71. The Kier molecular flexibility index (Phi) is 5.68. The van der Waals surface area contributed by atoms with Gasteiger partial charge in [0.05, 0.1) is 25.3 Å². The fourth-order valence-corrected chi connectivity index (χ4v) is 3.67. The van der Waals surface area contributed by atoms with E-state index in [-0.39, 0.29) is 17.2 Å². The van der Waals surface area contributed by atoms with E-state index in [0.29, 0.717) is 35.0 Å². The molecule has 1 aliphatic rings. The molecule has 1 amide bonds. The lowest BCUT2D eigenvalue weighted by Gasteiger charge is -2.23. The molecule has 1 N–H and O–H groups in total. The summed E-state index contributed by atoms with van der Waals surface area (Å²) in [4.78, 5) is 27.3. The van der Waals surface area contributed by atoms with Crippen LogP contribution in [0.2, 0.25) is 0 Å². The number of nitrogens with zero attached hydrogens (tertiary/aromatic N) is 2. The topological polar surface area (TPSA) is 102 Å². The van der Waals surface area contributed by atoms with E-state index >= 15 is 0 Å². The number of Topliss-reactive ketones (excluding diaryl/α,β-unsaturated/α-hetero) is 1. The SMILES string of the molecule is CCOc1ccc(C(O)=C2C(=O)C(=O)N(c3cc(C)on3)[C@H]2c2ccc(OC)cc2)cc1. The summed E-state index contributed by atoms with van der Waals surface area (Å²) in [6, 6.07) is 14.3. The second-order valence-electron chi connectivity index (χ2n) is 7.20. The van der Waals surface area contributed by atoms with Crippen LogP contribution >= 0.6 is 0 Å². The Labute approximate surface area is 184 Å². The van der Waals surface area contributed by atoms with Crippen molar-refractivity contribution in [1.29, 1.82) is 0 Å². The number of aromatic nitrogens is 1. The van der Waals surface area contributed by atoms with Gasteiger partial charge >= 0.3 is 5.91 Å². The van der Waals surface area contributed by atoms with E-state index in [2.05, 4.69) is 5.16 Å². The minimum Gasteiger partial charge on any atom is -0.507 e. The van der Waals surface area contributed by atoms with Crippen molar-refractivity contribution in [1.82, 2.24) is 5.16 Å². The van der Waals surface area contributed by atoms with E-state index < -0.39 is 17.7 Å². The van der Waals surface area contributed by atoms with Crippen LogP contribution in [0.3, 0.4) is 0 Å². The van der Waals surface area contributed by atoms with Gasteiger partial charge in [-0.2, -0.15) is 0 Å². The quantitative estimate of drug-likeness (QED) is 0.355. The van der Waals surface area contributed by atoms with Gasteiger partial charge in [0.25, 0.3) is 5.78 Å². The Morgan fingerprint density at radius 3 is 2.31 bits per heavy atom. The summed E-state index contributed by atoms with van der Waals surface area (Å²) in [5.74, 6) is 0.0428. The first kappa shape index (κ1) is 21.2. The average molecular weight is 434 g/mol. The minimum atomic E-state index is -0.892. The molecule has 1 atom stereocenters. The zero-order valence-electron chi connectivity index (χ0n) is 17.9. The number of carbonyl (C=O) groups excluding carboxylic acids is 2. The first-order valence-corrected chi connectivity index (χ1v) is 10.1. The summed E-state index contributed by atoms with van der Waals surface area (Å²) in [7, 11) is 1.55. The predicted molar refractivity (Wildman–Crippen MR) is 117 cm³/mol. The highest BCUT2D eigenvalue weighted by atomic mass is 16.5. The van der Waals surface area contributed by atoms with Crippen molar-refractivity contribution >= 4 is 23.3 Å². The van der Waals surface area contributed by atoms with Gasteiger partial charge in [-0.3, -0.25) is 14.5 Å². The van der Waals surface area contributed by atoms with Gasteiger partial charge in [-0.1, -0.05) is 17.3 Å². The fourth-order valence-electron chi connectivity index (χ4n) is 3.67. The van der Waals surface area contributed by atoms with Gasteiger partial charge in [0.1, 0.15) is 23.0 Å². The largest absolute Gasteiger partial charge is 0.507 e. The van der Waals surface area contributed by atoms with E-state index in [1.807, 2.05) is 6.92 Å². The number of rotatable bonds is 6. The maximum absolute atomic E-state index is 13.1. The molecule has 3 aromatic rings. The van der Waals surface area contributed by atoms with Crippen LogP contribution in [0.4, 0.5) is 5.82 Å². The Hall–Kier alpha value is -4.07. The number of ketones is 1. The number of benzene rings is 2. The fraction of sp³-hybridized carbons (Fsp3) is 0.208. The van der Waals surface area contributed by atoms with E-state index in [9.17, 15) is 14.7 Å². The Morgan fingerprint density at radius 1 is 1.09 bits per heavy atom. The van der Waals surface area contributed by atoms with Gasteiger partial charge in [-0.15, -0.1) is 0 Å². The van der Waals surface area contributed by atoms with Crippen molar-refractivity contribution in [3.63, 3.8) is 0 Å². The van der Waals surface area contributed by atoms with E-state index in [1.165, 1.54) is 4.90 Å². The predicted octanol–water partition coefficient (Wildman–Crippen LogP) is 4.02. The molecule has 0 spiro atoms. The van der Waals surface area contributed by atoms with Crippen molar-refractivity contribution in [3.8, 4) is 11.5 Å². The standard InChI is InChI=1S/C24H22N2O6/c1-4-31-18-11-7-16(8-12-18)22(27)20-21(15-5-9-17(30-3)10-6-15)26(24(29)23(20)28)19-13-14(2)32-25-19/h5-13,21,27H,4H2,1-3H3/t21-/m0/s1. The summed E-state index contributed by atoms with van der Waals surface area (Å²) >= 11 is 0. The molecule has 32 heavy (non-hydrogen) atoms. The highest BCUT2D eigenvalue weighted by Gasteiger charge is 2.48. The molecule has 1 saturated heterocycles. The third-order valence-corrected chi connectivity index (χ3v) is 5.18. The van der Waals surface area contributed by atoms with Gasteiger partial charge in [0.15, 0.2) is 5.82 Å². The molecule has 1 aliphatic heterocycles. The Balaban J connectivity index is 1.86. The molecule has 0 bridgehead atoms. The van der Waals surface area contributed by atoms with E-state index in [4.69, 9.17) is 14.0 Å². The van der Waals surface area contributed by atoms with Crippen LogP contribution < -0.4 is 14.4 Å². The molecule has 2 aromatic carbocycles. The first-order valence-electron chi connectivity index (χ1n) is 10.1. The second-order valence-corrected chi connectivity index (χ2v) is 7.20. The van der Waals surface area contributed by atoms with Crippen molar-refractivity contribution in [2.24, 2.45) is 0 Å². The van der Waals surface area contributed by atoms with Gasteiger partial charge < -0.3 is 19.1 Å². The molecule has 4 rings (SSSR count). The number of hydrogen-bond acceptors (Lipinski definition) is 7. The molecule has 0 saturated carbocycles. The average Bonchev–Trinajstić information content (AvgIpc) is 3.34. The molecule has 1 fully saturated rings. The van der Waals surface area contributed by atoms with Gasteiger partial charge in [-0.05, 0) is 55.8 Å². The second kappa shape index (κ2) is 8.58. The molecule has 2 heterocycles. The van der Waals surface area contributed by atoms with Crippen molar-refractivity contribution in [2.45, 2.75) is 19.9 Å². The van der Waals surface area contributed by atoms with Crippen molar-refractivity contribution < 1.29 is 28.7 Å². The van der Waals surface area contributed by atoms with Gasteiger partial charge in [-0.25, -0.2) is 0 Å². The summed E-state index contributed by atoms with van der Waals surface area (Å²) in [6.07, 6.45) is 0. The Bertz CT molecular complexity index is 1180. The molecule has 8 nitrogen and oxygen atoms in total. The first-order chi connectivity index (χ1) is 15.4. The summed E-state index contributed by atoms with van der Waals surface area (Å²) in [5.41, 5.74) is 0.962. The summed E-state index contributed by atoms with van der Waals surface area (Å²) in [5, 5.41) is 15.0. The number of ether oxygens (including phenoxy) is 2. The smallest absolute Gasteiger partial charge is 0.301 e. The summed E-state index contributed by atoms with van der Waals surface area (Å²) in [6.45, 7) is 4.07. The molecular formula is C24H22N2O6. The van der Waals surface area contributed by atoms with Crippen molar-refractivity contribution in [2.75, 3.05) is 18.6 Å².